The molecule has 1 aromatic heterocycles. The van der Waals surface area contributed by atoms with E-state index in [-0.39, 0.29) is 17.7 Å². The van der Waals surface area contributed by atoms with Crippen molar-refractivity contribution in [1.29, 1.82) is 0 Å². The third-order valence-electron chi connectivity index (χ3n) is 4.46. The van der Waals surface area contributed by atoms with Crippen molar-refractivity contribution < 1.29 is 9.59 Å². The summed E-state index contributed by atoms with van der Waals surface area (Å²) in [4.78, 5) is 30.6. The number of nitrogens with two attached hydrogens (primary N) is 1. The minimum atomic E-state index is -0.656. The van der Waals surface area contributed by atoms with Gasteiger partial charge in [-0.3, -0.25) is 9.59 Å². The second-order valence-corrected chi connectivity index (χ2v) is 6.46. The van der Waals surface area contributed by atoms with Crippen LogP contribution >= 0.6 is 0 Å². The smallest absolute Gasteiger partial charge is 0.242 e. The van der Waals surface area contributed by atoms with Crippen molar-refractivity contribution in [1.82, 2.24) is 9.88 Å². The van der Waals surface area contributed by atoms with Crippen LogP contribution < -0.4 is 11.1 Å². The Kier molecular flexibility index (Phi) is 3.87. The molecular weight excluding hydrogens is 280 g/mol. The van der Waals surface area contributed by atoms with Crippen LogP contribution in [0.5, 0.6) is 0 Å². The van der Waals surface area contributed by atoms with Crippen LogP contribution in [-0.2, 0) is 9.59 Å². The molecular formula is C16H22N4O2. The Balaban J connectivity index is 1.60. The maximum absolute atomic E-state index is 12.4. The fourth-order valence-electron chi connectivity index (χ4n) is 2.81. The van der Waals surface area contributed by atoms with E-state index in [4.69, 9.17) is 5.73 Å². The Morgan fingerprint density at radius 3 is 2.82 bits per heavy atom. The number of rotatable bonds is 3. The maximum atomic E-state index is 12.4. The normalized spacial score (nSPS) is 23.0. The van der Waals surface area contributed by atoms with Crippen LogP contribution in [0.1, 0.15) is 31.2 Å². The molecule has 2 fully saturated rings. The summed E-state index contributed by atoms with van der Waals surface area (Å²) in [6, 6.07) is 3.70. The lowest BCUT2D eigenvalue weighted by atomic mass is 9.96. The standard InChI is InChI=1S/C16H22N4O2/c1-11-4-5-13(18-9-11)19-14(21)12-3-2-8-20(10-12)15(22)16(17)6-7-16/h4-5,9,12H,2-3,6-8,10,17H2,1H3,(H,18,19,21). The summed E-state index contributed by atoms with van der Waals surface area (Å²) < 4.78 is 0. The van der Waals surface area contributed by atoms with E-state index in [1.54, 1.807) is 17.2 Å². The minimum Gasteiger partial charge on any atom is -0.340 e. The van der Waals surface area contributed by atoms with Gasteiger partial charge in [0.15, 0.2) is 0 Å². The topological polar surface area (TPSA) is 88.3 Å². The highest BCUT2D eigenvalue weighted by atomic mass is 16.2. The Hall–Kier alpha value is -1.95. The quantitative estimate of drug-likeness (QED) is 0.874. The number of carbonyl (C=O) groups excluding carboxylic acids is 2. The molecule has 0 radical (unpaired) electrons. The van der Waals surface area contributed by atoms with Crippen molar-refractivity contribution in [2.75, 3.05) is 18.4 Å². The van der Waals surface area contributed by atoms with Gasteiger partial charge in [-0.2, -0.15) is 0 Å². The molecule has 1 aliphatic heterocycles. The number of amides is 2. The van der Waals surface area contributed by atoms with Gasteiger partial charge in [0.2, 0.25) is 11.8 Å². The number of pyridine rings is 1. The van der Waals surface area contributed by atoms with Crippen LogP contribution in [0, 0.1) is 12.8 Å². The Labute approximate surface area is 130 Å². The number of aryl methyl sites for hydroxylation is 1. The van der Waals surface area contributed by atoms with Crippen LogP contribution in [0.2, 0.25) is 0 Å². The molecule has 2 heterocycles. The lowest BCUT2D eigenvalue weighted by Crippen LogP contribution is -2.51. The summed E-state index contributed by atoms with van der Waals surface area (Å²) in [5, 5.41) is 2.83. The monoisotopic (exact) mass is 302 g/mol. The van der Waals surface area contributed by atoms with E-state index in [1.807, 2.05) is 13.0 Å². The molecule has 3 N–H and O–H groups in total. The van der Waals surface area contributed by atoms with Crippen LogP contribution in [-0.4, -0.2) is 40.3 Å². The molecule has 118 valence electrons. The zero-order valence-corrected chi connectivity index (χ0v) is 12.8. The third-order valence-corrected chi connectivity index (χ3v) is 4.46. The van der Waals surface area contributed by atoms with Gasteiger partial charge in [-0.05, 0) is 44.2 Å². The molecule has 1 atom stereocenters. The van der Waals surface area contributed by atoms with E-state index >= 15 is 0 Å². The molecule has 6 nitrogen and oxygen atoms in total. The average molecular weight is 302 g/mol. The first-order valence-electron chi connectivity index (χ1n) is 7.80. The number of piperidine rings is 1. The fourth-order valence-corrected chi connectivity index (χ4v) is 2.81. The largest absolute Gasteiger partial charge is 0.340 e. The molecule has 2 aliphatic rings. The van der Waals surface area contributed by atoms with Crippen LogP contribution in [0.3, 0.4) is 0 Å². The second-order valence-electron chi connectivity index (χ2n) is 6.46. The molecule has 1 unspecified atom stereocenters. The van der Waals surface area contributed by atoms with Gasteiger partial charge in [0.1, 0.15) is 5.82 Å². The fraction of sp³-hybridized carbons (Fsp3) is 0.562. The van der Waals surface area contributed by atoms with Crippen molar-refractivity contribution in [2.24, 2.45) is 11.7 Å². The van der Waals surface area contributed by atoms with Crippen molar-refractivity contribution in [3.05, 3.63) is 23.9 Å². The number of hydrogen-bond acceptors (Lipinski definition) is 4. The summed E-state index contributed by atoms with van der Waals surface area (Å²) in [5.41, 5.74) is 6.37. The predicted octanol–water partition coefficient (Wildman–Crippen LogP) is 1.06. The number of nitrogens with zero attached hydrogens (tertiary/aromatic N) is 2. The SMILES string of the molecule is Cc1ccc(NC(=O)C2CCCN(C(=O)C3(N)CC3)C2)nc1. The third kappa shape index (κ3) is 3.11. The molecule has 2 amide bonds. The lowest BCUT2D eigenvalue weighted by molar-refractivity contribution is -0.136. The molecule has 3 rings (SSSR count). The van der Waals surface area contributed by atoms with Crippen LogP contribution in [0.4, 0.5) is 5.82 Å². The minimum absolute atomic E-state index is 0.00143. The van der Waals surface area contributed by atoms with E-state index in [0.29, 0.717) is 18.9 Å². The summed E-state index contributed by atoms with van der Waals surface area (Å²) in [7, 11) is 0. The summed E-state index contributed by atoms with van der Waals surface area (Å²) in [5.74, 6) is 0.286. The Bertz CT molecular complexity index is 580. The molecule has 6 heteroatoms. The first-order valence-corrected chi connectivity index (χ1v) is 7.80. The van der Waals surface area contributed by atoms with Crippen molar-refractivity contribution in [3.63, 3.8) is 0 Å². The molecule has 0 spiro atoms. The van der Waals surface area contributed by atoms with E-state index in [1.165, 1.54) is 0 Å². The summed E-state index contributed by atoms with van der Waals surface area (Å²) in [6.07, 6.45) is 4.86. The first-order chi connectivity index (χ1) is 10.5. The highest BCUT2D eigenvalue weighted by Gasteiger charge is 2.49. The van der Waals surface area contributed by atoms with Gasteiger partial charge in [0, 0.05) is 19.3 Å². The number of anilines is 1. The van der Waals surface area contributed by atoms with Gasteiger partial charge >= 0.3 is 0 Å². The number of nitrogens with one attached hydrogen (secondary N) is 1. The van der Waals surface area contributed by atoms with Crippen molar-refractivity contribution >= 4 is 17.6 Å². The molecule has 1 saturated heterocycles. The second kappa shape index (κ2) is 5.68. The maximum Gasteiger partial charge on any atom is 0.242 e. The lowest BCUT2D eigenvalue weighted by Gasteiger charge is -2.33. The zero-order chi connectivity index (χ0) is 15.7. The summed E-state index contributed by atoms with van der Waals surface area (Å²) in [6.45, 7) is 3.10. The van der Waals surface area contributed by atoms with E-state index in [0.717, 1.165) is 31.2 Å². The van der Waals surface area contributed by atoms with Gasteiger partial charge in [-0.1, -0.05) is 6.07 Å². The highest BCUT2D eigenvalue weighted by molar-refractivity contribution is 5.93. The van der Waals surface area contributed by atoms with Gasteiger partial charge in [0.25, 0.3) is 0 Å². The van der Waals surface area contributed by atoms with E-state index in [2.05, 4.69) is 10.3 Å². The molecule has 0 aromatic carbocycles. The van der Waals surface area contributed by atoms with Gasteiger partial charge in [0.05, 0.1) is 11.5 Å². The number of aromatic nitrogens is 1. The number of likely N-dealkylation sites (tertiary alicyclic amines) is 1. The Morgan fingerprint density at radius 1 is 1.41 bits per heavy atom. The van der Waals surface area contributed by atoms with E-state index in [9.17, 15) is 9.59 Å². The average Bonchev–Trinajstić information content (AvgIpc) is 3.28. The van der Waals surface area contributed by atoms with E-state index < -0.39 is 5.54 Å². The first kappa shape index (κ1) is 15.0. The highest BCUT2D eigenvalue weighted by Crippen LogP contribution is 2.35. The Morgan fingerprint density at radius 2 is 2.18 bits per heavy atom. The van der Waals surface area contributed by atoms with Crippen molar-refractivity contribution in [3.8, 4) is 0 Å². The predicted molar refractivity (Wildman–Crippen MR) is 83.1 cm³/mol. The molecule has 1 aromatic rings. The zero-order valence-electron chi connectivity index (χ0n) is 12.8. The van der Waals surface area contributed by atoms with Gasteiger partial charge in [-0.25, -0.2) is 4.98 Å². The number of carbonyl (C=O) groups is 2. The van der Waals surface area contributed by atoms with Crippen LogP contribution in [0.15, 0.2) is 18.3 Å². The molecule has 1 aliphatic carbocycles. The molecule has 0 bridgehead atoms. The molecule has 22 heavy (non-hydrogen) atoms. The van der Waals surface area contributed by atoms with Crippen LogP contribution in [0.25, 0.3) is 0 Å². The van der Waals surface area contributed by atoms with Gasteiger partial charge in [-0.15, -0.1) is 0 Å². The molecule has 1 saturated carbocycles. The van der Waals surface area contributed by atoms with Crippen molar-refractivity contribution in [2.45, 2.75) is 38.1 Å². The summed E-state index contributed by atoms with van der Waals surface area (Å²) >= 11 is 0. The number of hydrogen-bond donors (Lipinski definition) is 2. The van der Waals surface area contributed by atoms with Gasteiger partial charge < -0.3 is 16.0 Å².